The summed E-state index contributed by atoms with van der Waals surface area (Å²) in [4.78, 5) is 16.7. The molecule has 1 heterocycles. The van der Waals surface area contributed by atoms with Crippen LogP contribution in [0.5, 0.6) is 5.75 Å². The molecule has 0 aliphatic rings. The Bertz CT molecular complexity index is 929. The first kappa shape index (κ1) is 17.8. The standard InChI is InChI=1S/C19H17N3O3S/c23-18(15-11-14-3-1-2-4-17(14)21-12-15)20-9-10-25-16-7-5-13(6-8-16)19(26)22-24/h1-8,11-12,24H,9-10H2,(H,20,23)(H,22,26). The van der Waals surface area contributed by atoms with Crippen LogP contribution in [0.25, 0.3) is 10.9 Å². The van der Waals surface area contributed by atoms with E-state index in [1.807, 2.05) is 35.8 Å². The zero-order valence-corrected chi connectivity index (χ0v) is 14.6. The second-order valence-corrected chi connectivity index (χ2v) is 5.89. The minimum absolute atomic E-state index is 0.193. The highest BCUT2D eigenvalue weighted by Gasteiger charge is 2.07. The summed E-state index contributed by atoms with van der Waals surface area (Å²) in [5.41, 5.74) is 3.98. The molecule has 3 rings (SSSR count). The Hall–Kier alpha value is -3.03. The first-order valence-electron chi connectivity index (χ1n) is 7.97. The summed E-state index contributed by atoms with van der Waals surface area (Å²) in [5, 5.41) is 12.5. The van der Waals surface area contributed by atoms with Gasteiger partial charge >= 0.3 is 0 Å². The topological polar surface area (TPSA) is 83.5 Å². The van der Waals surface area contributed by atoms with E-state index in [4.69, 9.17) is 22.2 Å². The number of hydroxylamine groups is 1. The Morgan fingerprint density at radius 3 is 2.65 bits per heavy atom. The van der Waals surface area contributed by atoms with E-state index in [2.05, 4.69) is 10.3 Å². The van der Waals surface area contributed by atoms with Crippen LogP contribution in [0, 0.1) is 0 Å². The lowest BCUT2D eigenvalue weighted by Crippen LogP contribution is -2.28. The molecular formula is C19H17N3O3S. The summed E-state index contributed by atoms with van der Waals surface area (Å²) in [6, 6.07) is 16.4. The van der Waals surface area contributed by atoms with Gasteiger partial charge in [0.15, 0.2) is 0 Å². The average Bonchev–Trinajstić information content (AvgIpc) is 2.70. The predicted molar refractivity (Wildman–Crippen MR) is 103 cm³/mol. The molecule has 0 atom stereocenters. The molecule has 1 amide bonds. The van der Waals surface area contributed by atoms with Gasteiger partial charge in [0.2, 0.25) is 0 Å². The van der Waals surface area contributed by atoms with Gasteiger partial charge in [-0.2, -0.15) is 0 Å². The second kappa shape index (κ2) is 8.37. The van der Waals surface area contributed by atoms with Crippen LogP contribution in [0.15, 0.2) is 60.8 Å². The minimum Gasteiger partial charge on any atom is -0.492 e. The number of carbonyl (C=O) groups excluding carboxylic acids is 1. The monoisotopic (exact) mass is 367 g/mol. The molecule has 6 nitrogen and oxygen atoms in total. The third kappa shape index (κ3) is 4.33. The highest BCUT2D eigenvalue weighted by Crippen LogP contribution is 2.13. The molecule has 0 saturated carbocycles. The normalized spacial score (nSPS) is 10.3. The number of pyridine rings is 1. The van der Waals surface area contributed by atoms with Crippen LogP contribution in [0.1, 0.15) is 15.9 Å². The van der Waals surface area contributed by atoms with Gasteiger partial charge in [-0.25, -0.2) is 0 Å². The van der Waals surface area contributed by atoms with E-state index in [1.165, 1.54) is 0 Å². The van der Waals surface area contributed by atoms with Crippen LogP contribution >= 0.6 is 12.2 Å². The van der Waals surface area contributed by atoms with Gasteiger partial charge in [-0.3, -0.25) is 20.5 Å². The Morgan fingerprint density at radius 2 is 1.88 bits per heavy atom. The van der Waals surface area contributed by atoms with Crippen molar-refractivity contribution in [3.8, 4) is 5.75 Å². The summed E-state index contributed by atoms with van der Waals surface area (Å²) < 4.78 is 5.57. The maximum atomic E-state index is 12.2. The summed E-state index contributed by atoms with van der Waals surface area (Å²) in [7, 11) is 0. The first-order valence-corrected chi connectivity index (χ1v) is 8.38. The van der Waals surface area contributed by atoms with Crippen LogP contribution in [-0.4, -0.2) is 34.2 Å². The third-order valence-electron chi connectivity index (χ3n) is 3.73. The highest BCUT2D eigenvalue weighted by molar-refractivity contribution is 7.80. The van der Waals surface area contributed by atoms with E-state index >= 15 is 0 Å². The average molecular weight is 367 g/mol. The molecule has 3 aromatic rings. The minimum atomic E-state index is -0.193. The lowest BCUT2D eigenvalue weighted by Gasteiger charge is -2.09. The van der Waals surface area contributed by atoms with Crippen molar-refractivity contribution in [1.29, 1.82) is 0 Å². The summed E-state index contributed by atoms with van der Waals surface area (Å²) in [5.74, 6) is 0.456. The van der Waals surface area contributed by atoms with Crippen molar-refractivity contribution in [1.82, 2.24) is 15.8 Å². The van der Waals surface area contributed by atoms with Crippen molar-refractivity contribution >= 4 is 34.0 Å². The molecule has 0 aliphatic carbocycles. The van der Waals surface area contributed by atoms with Gasteiger partial charge in [-0.05, 0) is 36.4 Å². The van der Waals surface area contributed by atoms with Crippen molar-refractivity contribution < 1.29 is 14.7 Å². The van der Waals surface area contributed by atoms with Crippen molar-refractivity contribution in [2.45, 2.75) is 0 Å². The fraction of sp³-hybridized carbons (Fsp3) is 0.105. The fourth-order valence-electron chi connectivity index (χ4n) is 2.40. The van der Waals surface area contributed by atoms with Gasteiger partial charge < -0.3 is 10.1 Å². The van der Waals surface area contributed by atoms with Crippen LogP contribution in [-0.2, 0) is 0 Å². The van der Waals surface area contributed by atoms with Crippen molar-refractivity contribution in [2.24, 2.45) is 0 Å². The van der Waals surface area contributed by atoms with Crippen LogP contribution in [0.4, 0.5) is 0 Å². The molecule has 0 fully saturated rings. The molecule has 0 unspecified atom stereocenters. The van der Waals surface area contributed by atoms with Crippen LogP contribution in [0.3, 0.4) is 0 Å². The molecule has 0 saturated heterocycles. The van der Waals surface area contributed by atoms with Crippen molar-refractivity contribution in [3.63, 3.8) is 0 Å². The van der Waals surface area contributed by atoms with Crippen molar-refractivity contribution in [3.05, 3.63) is 71.9 Å². The number of aromatic nitrogens is 1. The number of benzene rings is 2. The molecule has 26 heavy (non-hydrogen) atoms. The fourth-order valence-corrected chi connectivity index (χ4v) is 2.53. The first-order chi connectivity index (χ1) is 12.7. The van der Waals surface area contributed by atoms with E-state index in [0.717, 1.165) is 10.9 Å². The second-order valence-electron chi connectivity index (χ2n) is 5.49. The molecule has 0 spiro atoms. The number of para-hydroxylation sites is 1. The molecule has 3 N–H and O–H groups in total. The van der Waals surface area contributed by atoms with E-state index in [-0.39, 0.29) is 10.9 Å². The number of fused-ring (bicyclic) bond motifs is 1. The highest BCUT2D eigenvalue weighted by atomic mass is 32.1. The van der Waals surface area contributed by atoms with Crippen molar-refractivity contribution in [2.75, 3.05) is 13.2 Å². The lowest BCUT2D eigenvalue weighted by atomic mass is 10.1. The number of hydrogen-bond donors (Lipinski definition) is 3. The molecule has 0 bridgehead atoms. The van der Waals surface area contributed by atoms with Gasteiger partial charge in [0.05, 0.1) is 17.6 Å². The van der Waals surface area contributed by atoms with Gasteiger partial charge in [-0.15, -0.1) is 0 Å². The van der Waals surface area contributed by atoms with E-state index in [0.29, 0.717) is 30.0 Å². The molecule has 7 heteroatoms. The zero-order valence-electron chi connectivity index (χ0n) is 13.8. The Labute approximate surface area is 155 Å². The number of ether oxygens (including phenoxy) is 1. The number of carbonyl (C=O) groups is 1. The van der Waals surface area contributed by atoms with Gasteiger partial charge in [0.1, 0.15) is 17.3 Å². The zero-order chi connectivity index (χ0) is 18.4. The number of amides is 1. The Balaban J connectivity index is 1.49. The molecule has 1 aromatic heterocycles. The Morgan fingerprint density at radius 1 is 1.12 bits per heavy atom. The largest absolute Gasteiger partial charge is 0.492 e. The van der Waals surface area contributed by atoms with E-state index in [9.17, 15) is 4.79 Å². The van der Waals surface area contributed by atoms with Crippen LogP contribution in [0.2, 0.25) is 0 Å². The molecule has 0 radical (unpaired) electrons. The molecule has 132 valence electrons. The van der Waals surface area contributed by atoms with E-state index in [1.54, 1.807) is 30.5 Å². The quantitative estimate of drug-likeness (QED) is 0.353. The SMILES string of the molecule is O=C(NCCOc1ccc(C(=S)NO)cc1)c1cnc2ccccc2c1. The Kier molecular flexibility index (Phi) is 5.73. The summed E-state index contributed by atoms with van der Waals surface area (Å²) >= 11 is 4.92. The predicted octanol–water partition coefficient (Wildman–Crippen LogP) is 2.70. The number of hydrogen-bond acceptors (Lipinski definition) is 5. The van der Waals surface area contributed by atoms with Crippen LogP contribution < -0.4 is 15.5 Å². The maximum absolute atomic E-state index is 12.2. The lowest BCUT2D eigenvalue weighted by molar-refractivity contribution is 0.0947. The number of rotatable bonds is 6. The smallest absolute Gasteiger partial charge is 0.252 e. The maximum Gasteiger partial charge on any atom is 0.252 e. The number of nitrogens with zero attached hydrogens (tertiary/aromatic N) is 1. The number of thiocarbonyl (C=S) groups is 1. The molecule has 0 aliphatic heterocycles. The van der Waals surface area contributed by atoms with E-state index < -0.39 is 0 Å². The summed E-state index contributed by atoms with van der Waals surface area (Å²) in [6.07, 6.45) is 1.56. The van der Waals surface area contributed by atoms with Gasteiger partial charge in [0.25, 0.3) is 5.91 Å². The number of nitrogens with one attached hydrogen (secondary N) is 2. The van der Waals surface area contributed by atoms with Gasteiger partial charge in [-0.1, -0.05) is 30.4 Å². The summed E-state index contributed by atoms with van der Waals surface area (Å²) in [6.45, 7) is 0.693. The molecule has 2 aromatic carbocycles. The van der Waals surface area contributed by atoms with Gasteiger partial charge in [0, 0.05) is 17.1 Å². The third-order valence-corrected chi connectivity index (χ3v) is 4.05. The molecular weight excluding hydrogens is 350 g/mol.